The van der Waals surface area contributed by atoms with E-state index in [1.807, 2.05) is 0 Å². The fourth-order valence-corrected chi connectivity index (χ4v) is 2.62. The summed E-state index contributed by atoms with van der Waals surface area (Å²) in [5.74, 6) is 3.66. The minimum absolute atomic E-state index is 0.130. The second-order valence-electron chi connectivity index (χ2n) is 5.82. The maximum atomic E-state index is 5.70. The molecule has 0 aromatic heterocycles. The molecule has 1 aliphatic heterocycles. The van der Waals surface area contributed by atoms with Crippen molar-refractivity contribution in [3.05, 3.63) is 0 Å². The highest BCUT2D eigenvalue weighted by atomic mass is 15.3. The van der Waals surface area contributed by atoms with Gasteiger partial charge in [-0.2, -0.15) is 0 Å². The Morgan fingerprint density at radius 2 is 2.12 bits per heavy atom. The summed E-state index contributed by atoms with van der Waals surface area (Å²) < 4.78 is 0. The first-order valence-corrected chi connectivity index (χ1v) is 6.94. The molecule has 98 valence electrons. The number of rotatable bonds is 4. The predicted octanol–water partition coefficient (Wildman–Crippen LogP) is 2.50. The molecular weight excluding hydrogens is 208 g/mol. The number of terminal acetylenes is 1. The van der Waals surface area contributed by atoms with Crippen molar-refractivity contribution < 1.29 is 0 Å². The van der Waals surface area contributed by atoms with Crippen LogP contribution in [0.2, 0.25) is 0 Å². The first-order valence-electron chi connectivity index (χ1n) is 6.94. The molecule has 0 aromatic rings. The van der Waals surface area contributed by atoms with Crippen molar-refractivity contribution in [3.8, 4) is 12.3 Å². The highest BCUT2D eigenvalue weighted by molar-refractivity contribution is 5.11. The van der Waals surface area contributed by atoms with Gasteiger partial charge in [-0.25, -0.2) is 0 Å². The lowest BCUT2D eigenvalue weighted by molar-refractivity contribution is 0.0478. The van der Waals surface area contributed by atoms with Gasteiger partial charge in [0.1, 0.15) is 0 Å². The van der Waals surface area contributed by atoms with E-state index in [0.717, 1.165) is 19.5 Å². The van der Waals surface area contributed by atoms with Crippen molar-refractivity contribution in [2.75, 3.05) is 13.1 Å². The lowest BCUT2D eigenvalue weighted by Crippen LogP contribution is -2.63. The Hall–Kier alpha value is -0.520. The third kappa shape index (κ3) is 3.24. The normalized spacial score (nSPS) is 28.7. The smallest absolute Gasteiger partial charge is 0.0769 e. The number of piperazine rings is 1. The zero-order valence-corrected chi connectivity index (χ0v) is 12.1. The maximum absolute atomic E-state index is 5.70. The first kappa shape index (κ1) is 14.5. The van der Waals surface area contributed by atoms with Crippen LogP contribution in [0.15, 0.2) is 0 Å². The van der Waals surface area contributed by atoms with Crippen LogP contribution in [0, 0.1) is 18.3 Å². The second-order valence-corrected chi connectivity index (χ2v) is 5.82. The van der Waals surface area contributed by atoms with Crippen LogP contribution in [0.1, 0.15) is 47.5 Å². The van der Waals surface area contributed by atoms with E-state index in [1.54, 1.807) is 0 Å². The van der Waals surface area contributed by atoms with E-state index in [9.17, 15) is 0 Å². The van der Waals surface area contributed by atoms with Crippen LogP contribution < -0.4 is 5.32 Å². The number of hydrogen-bond acceptors (Lipinski definition) is 2. The van der Waals surface area contributed by atoms with Gasteiger partial charge in [-0.3, -0.25) is 4.90 Å². The highest BCUT2D eigenvalue weighted by Crippen LogP contribution is 2.24. The minimum atomic E-state index is -0.130. The van der Waals surface area contributed by atoms with E-state index in [0.29, 0.717) is 18.0 Å². The van der Waals surface area contributed by atoms with Gasteiger partial charge in [0.15, 0.2) is 0 Å². The molecule has 0 radical (unpaired) electrons. The van der Waals surface area contributed by atoms with Crippen molar-refractivity contribution in [2.24, 2.45) is 5.92 Å². The van der Waals surface area contributed by atoms with Crippen LogP contribution >= 0.6 is 0 Å². The molecule has 1 rings (SSSR count). The Morgan fingerprint density at radius 1 is 1.47 bits per heavy atom. The fourth-order valence-electron chi connectivity index (χ4n) is 2.62. The fraction of sp³-hybridized carbons (Fsp3) is 0.867. The van der Waals surface area contributed by atoms with Gasteiger partial charge < -0.3 is 5.32 Å². The molecule has 0 spiro atoms. The summed E-state index contributed by atoms with van der Waals surface area (Å²) in [5, 5.41) is 3.69. The minimum Gasteiger partial charge on any atom is -0.311 e. The SMILES string of the molecule is C#CC(C)(C)N1CC(C(C)CC)NCC1CC. The van der Waals surface area contributed by atoms with Crippen molar-refractivity contribution in [1.82, 2.24) is 10.2 Å². The number of hydrogen-bond donors (Lipinski definition) is 1. The summed E-state index contributed by atoms with van der Waals surface area (Å²) in [7, 11) is 0. The molecule has 2 nitrogen and oxygen atoms in total. The van der Waals surface area contributed by atoms with Gasteiger partial charge in [0.25, 0.3) is 0 Å². The lowest BCUT2D eigenvalue weighted by atomic mass is 9.90. The van der Waals surface area contributed by atoms with Gasteiger partial charge in [0.2, 0.25) is 0 Å². The molecule has 0 aliphatic carbocycles. The van der Waals surface area contributed by atoms with Crippen molar-refractivity contribution in [3.63, 3.8) is 0 Å². The molecule has 3 atom stereocenters. The van der Waals surface area contributed by atoms with Crippen molar-refractivity contribution in [1.29, 1.82) is 0 Å². The average molecular weight is 236 g/mol. The van der Waals surface area contributed by atoms with Gasteiger partial charge in [-0.15, -0.1) is 6.42 Å². The quantitative estimate of drug-likeness (QED) is 0.755. The standard InChI is InChI=1S/C15H28N2/c1-7-12(4)14-11-17(15(5,6)9-3)13(8-2)10-16-14/h3,12-14,16H,7-8,10-11H2,1-2,4-6H3. The van der Waals surface area contributed by atoms with Crippen LogP contribution in [-0.4, -0.2) is 35.6 Å². The summed E-state index contributed by atoms with van der Waals surface area (Å²) in [6, 6.07) is 1.15. The van der Waals surface area contributed by atoms with E-state index in [1.165, 1.54) is 6.42 Å². The van der Waals surface area contributed by atoms with Gasteiger partial charge in [-0.05, 0) is 26.2 Å². The van der Waals surface area contributed by atoms with E-state index in [2.05, 4.69) is 50.8 Å². The molecule has 1 aliphatic rings. The van der Waals surface area contributed by atoms with Crippen LogP contribution in [0.3, 0.4) is 0 Å². The third-order valence-electron chi connectivity index (χ3n) is 4.32. The van der Waals surface area contributed by atoms with Crippen molar-refractivity contribution >= 4 is 0 Å². The van der Waals surface area contributed by atoms with E-state index in [-0.39, 0.29) is 5.54 Å². The topological polar surface area (TPSA) is 15.3 Å². The zero-order valence-electron chi connectivity index (χ0n) is 12.1. The number of nitrogens with one attached hydrogen (secondary N) is 1. The average Bonchev–Trinajstić information content (AvgIpc) is 2.36. The molecule has 0 aromatic carbocycles. The molecule has 0 bridgehead atoms. The predicted molar refractivity (Wildman–Crippen MR) is 74.9 cm³/mol. The summed E-state index contributed by atoms with van der Waals surface area (Å²) in [6.45, 7) is 13.3. The largest absolute Gasteiger partial charge is 0.311 e. The molecule has 2 heteroatoms. The second kappa shape index (κ2) is 5.89. The summed E-state index contributed by atoms with van der Waals surface area (Å²) in [4.78, 5) is 2.51. The molecule has 0 saturated carbocycles. The van der Waals surface area contributed by atoms with E-state index >= 15 is 0 Å². The maximum Gasteiger partial charge on any atom is 0.0769 e. The van der Waals surface area contributed by atoms with Crippen LogP contribution in [0.25, 0.3) is 0 Å². The summed E-state index contributed by atoms with van der Waals surface area (Å²) in [5.41, 5.74) is -0.130. The zero-order chi connectivity index (χ0) is 13.1. The van der Waals surface area contributed by atoms with Gasteiger partial charge in [-0.1, -0.05) is 33.1 Å². The highest BCUT2D eigenvalue weighted by Gasteiger charge is 2.36. The summed E-state index contributed by atoms with van der Waals surface area (Å²) >= 11 is 0. The van der Waals surface area contributed by atoms with Gasteiger partial charge in [0.05, 0.1) is 5.54 Å². The molecule has 1 heterocycles. The van der Waals surface area contributed by atoms with Gasteiger partial charge in [0, 0.05) is 25.2 Å². The molecule has 1 saturated heterocycles. The van der Waals surface area contributed by atoms with Crippen LogP contribution in [0.4, 0.5) is 0 Å². The van der Waals surface area contributed by atoms with Crippen LogP contribution in [0.5, 0.6) is 0 Å². The Morgan fingerprint density at radius 3 is 2.59 bits per heavy atom. The molecular formula is C15H28N2. The monoisotopic (exact) mass is 236 g/mol. The molecule has 17 heavy (non-hydrogen) atoms. The van der Waals surface area contributed by atoms with Gasteiger partial charge >= 0.3 is 0 Å². The molecule has 0 amide bonds. The van der Waals surface area contributed by atoms with Crippen molar-refractivity contribution in [2.45, 2.75) is 65.1 Å². The molecule has 1 fully saturated rings. The Balaban J connectivity index is 2.79. The Kier molecular flexibility index (Phi) is 5.04. The summed E-state index contributed by atoms with van der Waals surface area (Å²) in [6.07, 6.45) is 8.08. The molecule has 1 N–H and O–H groups in total. The van der Waals surface area contributed by atoms with E-state index < -0.39 is 0 Å². The number of nitrogens with zero attached hydrogens (tertiary/aromatic N) is 1. The first-order chi connectivity index (χ1) is 7.96. The Labute approximate surface area is 107 Å². The van der Waals surface area contributed by atoms with E-state index in [4.69, 9.17) is 6.42 Å². The Bertz CT molecular complexity index is 277. The van der Waals surface area contributed by atoms with Crippen LogP contribution in [-0.2, 0) is 0 Å². The molecule has 3 unspecified atom stereocenters. The third-order valence-corrected chi connectivity index (χ3v) is 4.32. The lowest BCUT2D eigenvalue weighted by Gasteiger charge is -2.48.